The molecule has 1 aliphatic rings. The van der Waals surface area contributed by atoms with Crippen LogP contribution < -0.4 is 15.8 Å². The van der Waals surface area contributed by atoms with Gasteiger partial charge in [0.1, 0.15) is 11.9 Å². The minimum atomic E-state index is -4.36. The molecule has 0 aliphatic carbocycles. The third-order valence-corrected chi connectivity index (χ3v) is 3.18. The molecule has 20 heavy (non-hydrogen) atoms. The monoisotopic (exact) mass is 288 g/mol. The zero-order valence-electron chi connectivity index (χ0n) is 10.6. The highest BCUT2D eigenvalue weighted by molar-refractivity contribution is 5.80. The summed E-state index contributed by atoms with van der Waals surface area (Å²) in [5.74, 6) is -0.0983. The van der Waals surface area contributed by atoms with Crippen LogP contribution in [-0.2, 0) is 11.0 Å². The molecule has 7 heteroatoms. The maximum atomic E-state index is 12.4. The molecule has 1 fully saturated rings. The number of hydrogen-bond acceptors (Lipinski definition) is 3. The smallest absolute Gasteiger partial charge is 0.416 e. The van der Waals surface area contributed by atoms with Crippen molar-refractivity contribution in [2.75, 3.05) is 6.54 Å². The number of nitrogens with one attached hydrogen (secondary N) is 1. The lowest BCUT2D eigenvalue weighted by atomic mass is 10.0. The molecular formula is C13H15F3N2O2. The number of amides is 1. The molecule has 0 radical (unpaired) electrons. The highest BCUT2D eigenvalue weighted by atomic mass is 19.4. The van der Waals surface area contributed by atoms with Gasteiger partial charge in [-0.15, -0.1) is 0 Å². The second-order valence-electron chi connectivity index (χ2n) is 4.70. The van der Waals surface area contributed by atoms with Crippen molar-refractivity contribution >= 4 is 5.91 Å². The molecule has 0 spiro atoms. The van der Waals surface area contributed by atoms with Gasteiger partial charge in [0.25, 0.3) is 0 Å². The molecule has 110 valence electrons. The summed E-state index contributed by atoms with van der Waals surface area (Å²) in [4.78, 5) is 11.1. The first-order valence-electron chi connectivity index (χ1n) is 6.23. The van der Waals surface area contributed by atoms with Gasteiger partial charge in [-0.2, -0.15) is 13.2 Å². The summed E-state index contributed by atoms with van der Waals surface area (Å²) in [6.45, 7) is 0.582. The first-order valence-corrected chi connectivity index (χ1v) is 6.23. The Hall–Kier alpha value is -1.76. The lowest BCUT2D eigenvalue weighted by molar-refractivity contribution is -0.137. The summed E-state index contributed by atoms with van der Waals surface area (Å²) in [6.07, 6.45) is -3.50. The molecule has 0 bridgehead atoms. The minimum absolute atomic E-state index is 0.231. The van der Waals surface area contributed by atoms with E-state index in [0.29, 0.717) is 25.1 Å². The van der Waals surface area contributed by atoms with Crippen LogP contribution in [0, 0.1) is 0 Å². The molecule has 0 saturated carbocycles. The Morgan fingerprint density at radius 2 is 1.95 bits per heavy atom. The number of alkyl halides is 3. The van der Waals surface area contributed by atoms with Crippen LogP contribution in [0.2, 0.25) is 0 Å². The quantitative estimate of drug-likeness (QED) is 0.889. The molecule has 4 nitrogen and oxygen atoms in total. The number of carbonyl (C=O) groups is 1. The summed E-state index contributed by atoms with van der Waals surface area (Å²) in [5, 5.41) is 2.96. The van der Waals surface area contributed by atoms with Crippen molar-refractivity contribution in [1.82, 2.24) is 5.32 Å². The van der Waals surface area contributed by atoms with E-state index in [-0.39, 0.29) is 6.10 Å². The SMILES string of the molecule is NC(=O)C1CC(Oc2ccc(C(F)(F)F)cc2)CCN1. The van der Waals surface area contributed by atoms with Gasteiger partial charge in [0.15, 0.2) is 0 Å². The molecule has 3 N–H and O–H groups in total. The van der Waals surface area contributed by atoms with Gasteiger partial charge in [0.05, 0.1) is 11.6 Å². The molecule has 1 aromatic rings. The second-order valence-corrected chi connectivity index (χ2v) is 4.70. The number of halogens is 3. The number of carbonyl (C=O) groups excluding carboxylic acids is 1. The molecular weight excluding hydrogens is 273 g/mol. The summed E-state index contributed by atoms with van der Waals surface area (Å²) in [6, 6.07) is 4.06. The first-order chi connectivity index (χ1) is 9.36. The maximum Gasteiger partial charge on any atom is 0.416 e. The van der Waals surface area contributed by atoms with Crippen molar-refractivity contribution in [3.63, 3.8) is 0 Å². The highest BCUT2D eigenvalue weighted by Gasteiger charge is 2.30. The number of nitrogens with two attached hydrogens (primary N) is 1. The van der Waals surface area contributed by atoms with Crippen molar-refractivity contribution in [2.45, 2.75) is 31.2 Å². The second kappa shape index (κ2) is 5.70. The average molecular weight is 288 g/mol. The van der Waals surface area contributed by atoms with Gasteiger partial charge in [-0.3, -0.25) is 4.79 Å². The topological polar surface area (TPSA) is 64.4 Å². The average Bonchev–Trinajstić information content (AvgIpc) is 2.38. The van der Waals surface area contributed by atoms with Crippen LogP contribution in [0.4, 0.5) is 13.2 Å². The van der Waals surface area contributed by atoms with E-state index >= 15 is 0 Å². The lowest BCUT2D eigenvalue weighted by Crippen LogP contribution is -2.49. The highest BCUT2D eigenvalue weighted by Crippen LogP contribution is 2.30. The van der Waals surface area contributed by atoms with E-state index in [0.717, 1.165) is 12.1 Å². The molecule has 0 aromatic heterocycles. The number of hydrogen-bond donors (Lipinski definition) is 2. The van der Waals surface area contributed by atoms with E-state index in [1.165, 1.54) is 12.1 Å². The Labute approximate surface area is 114 Å². The van der Waals surface area contributed by atoms with Crippen LogP contribution in [-0.4, -0.2) is 24.6 Å². The third-order valence-electron chi connectivity index (χ3n) is 3.18. The van der Waals surface area contributed by atoms with E-state index in [9.17, 15) is 18.0 Å². The Balaban J connectivity index is 1.98. The van der Waals surface area contributed by atoms with Crippen molar-refractivity contribution in [3.8, 4) is 5.75 Å². The predicted molar refractivity (Wildman–Crippen MR) is 66.1 cm³/mol. The van der Waals surface area contributed by atoms with Gasteiger partial charge in [0, 0.05) is 6.42 Å². The standard InChI is InChI=1S/C13H15F3N2O2/c14-13(15,16)8-1-3-9(4-2-8)20-10-5-6-18-11(7-10)12(17)19/h1-4,10-11,18H,5-7H2,(H2,17,19). The van der Waals surface area contributed by atoms with E-state index in [2.05, 4.69) is 5.32 Å². The minimum Gasteiger partial charge on any atom is -0.490 e. The summed E-state index contributed by atoms with van der Waals surface area (Å²) in [5.41, 5.74) is 4.49. The molecule has 1 aromatic carbocycles. The van der Waals surface area contributed by atoms with Gasteiger partial charge in [-0.25, -0.2) is 0 Å². The fraction of sp³-hybridized carbons (Fsp3) is 0.462. The third kappa shape index (κ3) is 3.63. The fourth-order valence-electron chi connectivity index (χ4n) is 2.12. The van der Waals surface area contributed by atoms with Gasteiger partial charge in [0.2, 0.25) is 5.91 Å². The summed E-state index contributed by atoms with van der Waals surface area (Å²) < 4.78 is 42.8. The molecule has 1 saturated heterocycles. The molecule has 1 heterocycles. The van der Waals surface area contributed by atoms with Crippen molar-refractivity contribution in [3.05, 3.63) is 29.8 Å². The number of benzene rings is 1. The number of rotatable bonds is 3. The largest absolute Gasteiger partial charge is 0.490 e. The van der Waals surface area contributed by atoms with Crippen LogP contribution in [0.25, 0.3) is 0 Å². The van der Waals surface area contributed by atoms with E-state index in [1.807, 2.05) is 0 Å². The normalized spacial score (nSPS) is 23.4. The zero-order valence-corrected chi connectivity index (χ0v) is 10.6. The van der Waals surface area contributed by atoms with Gasteiger partial charge in [-0.1, -0.05) is 0 Å². The lowest BCUT2D eigenvalue weighted by Gasteiger charge is -2.29. The Kier molecular flexibility index (Phi) is 4.17. The van der Waals surface area contributed by atoms with E-state index < -0.39 is 23.7 Å². The molecule has 2 rings (SSSR count). The van der Waals surface area contributed by atoms with Crippen LogP contribution >= 0.6 is 0 Å². The fourth-order valence-corrected chi connectivity index (χ4v) is 2.12. The number of ether oxygens (including phenoxy) is 1. The van der Waals surface area contributed by atoms with Crippen molar-refractivity contribution in [2.24, 2.45) is 5.73 Å². The van der Waals surface area contributed by atoms with Crippen LogP contribution in [0.5, 0.6) is 5.75 Å². The molecule has 2 unspecified atom stereocenters. The van der Waals surface area contributed by atoms with Crippen molar-refractivity contribution < 1.29 is 22.7 Å². The van der Waals surface area contributed by atoms with Crippen molar-refractivity contribution in [1.29, 1.82) is 0 Å². The zero-order chi connectivity index (χ0) is 14.8. The molecule has 1 aliphatic heterocycles. The van der Waals surface area contributed by atoms with E-state index in [1.54, 1.807) is 0 Å². The van der Waals surface area contributed by atoms with Crippen LogP contribution in [0.1, 0.15) is 18.4 Å². The van der Waals surface area contributed by atoms with Gasteiger partial charge >= 0.3 is 6.18 Å². The molecule has 1 amide bonds. The van der Waals surface area contributed by atoms with Gasteiger partial charge < -0.3 is 15.8 Å². The van der Waals surface area contributed by atoms with Crippen LogP contribution in [0.15, 0.2) is 24.3 Å². The maximum absolute atomic E-state index is 12.4. The summed E-state index contributed by atoms with van der Waals surface area (Å²) >= 11 is 0. The van der Waals surface area contributed by atoms with E-state index in [4.69, 9.17) is 10.5 Å². The number of piperidine rings is 1. The van der Waals surface area contributed by atoms with Crippen LogP contribution in [0.3, 0.4) is 0 Å². The summed E-state index contributed by atoms with van der Waals surface area (Å²) in [7, 11) is 0. The number of primary amides is 1. The molecule has 2 atom stereocenters. The Morgan fingerprint density at radius 3 is 2.50 bits per heavy atom. The predicted octanol–water partition coefficient (Wildman–Crippen LogP) is 1.69. The van der Waals surface area contributed by atoms with Gasteiger partial charge in [-0.05, 0) is 37.2 Å². The Bertz CT molecular complexity index is 473. The Morgan fingerprint density at radius 1 is 1.30 bits per heavy atom. The first kappa shape index (κ1) is 14.6.